The van der Waals surface area contributed by atoms with Crippen LogP contribution in [-0.4, -0.2) is 14.9 Å². The molecule has 0 unspecified atom stereocenters. The SMILES string of the molecule is Cc1nn(-c2ccccc2)c(NC(N)=S)c1N. The highest BCUT2D eigenvalue weighted by atomic mass is 32.1. The van der Waals surface area contributed by atoms with E-state index in [4.69, 9.17) is 23.7 Å². The van der Waals surface area contributed by atoms with Crippen molar-refractivity contribution in [3.05, 3.63) is 36.0 Å². The molecule has 17 heavy (non-hydrogen) atoms. The topological polar surface area (TPSA) is 81.9 Å². The Labute approximate surface area is 104 Å². The second-order valence-electron chi connectivity index (χ2n) is 3.58. The van der Waals surface area contributed by atoms with Gasteiger partial charge in [-0.1, -0.05) is 18.2 Å². The Morgan fingerprint density at radius 1 is 1.35 bits per heavy atom. The monoisotopic (exact) mass is 247 g/mol. The lowest BCUT2D eigenvalue weighted by molar-refractivity contribution is 0.871. The molecule has 1 aromatic heterocycles. The maximum atomic E-state index is 5.93. The summed E-state index contributed by atoms with van der Waals surface area (Å²) in [6, 6.07) is 9.64. The van der Waals surface area contributed by atoms with Gasteiger partial charge in [0.15, 0.2) is 10.9 Å². The van der Waals surface area contributed by atoms with Crippen LogP contribution in [0, 0.1) is 6.92 Å². The van der Waals surface area contributed by atoms with Gasteiger partial charge in [-0.05, 0) is 31.3 Å². The van der Waals surface area contributed by atoms with Crippen LogP contribution < -0.4 is 16.8 Å². The third-order valence-corrected chi connectivity index (χ3v) is 2.45. The fraction of sp³-hybridized carbons (Fsp3) is 0.0909. The van der Waals surface area contributed by atoms with Crippen molar-refractivity contribution in [1.82, 2.24) is 9.78 Å². The van der Waals surface area contributed by atoms with E-state index >= 15 is 0 Å². The molecule has 2 aromatic rings. The normalized spacial score (nSPS) is 10.2. The number of thiocarbonyl (C=S) groups is 1. The molecular formula is C11H13N5S. The van der Waals surface area contributed by atoms with Gasteiger partial charge in [0.2, 0.25) is 0 Å². The van der Waals surface area contributed by atoms with Crippen LogP contribution in [0.25, 0.3) is 5.69 Å². The molecule has 0 aliphatic carbocycles. The number of anilines is 2. The summed E-state index contributed by atoms with van der Waals surface area (Å²) in [7, 11) is 0. The van der Waals surface area contributed by atoms with E-state index in [0.717, 1.165) is 11.4 Å². The van der Waals surface area contributed by atoms with E-state index in [2.05, 4.69) is 10.4 Å². The lowest BCUT2D eigenvalue weighted by atomic mass is 10.3. The highest BCUT2D eigenvalue weighted by Gasteiger charge is 2.13. The molecule has 1 aromatic carbocycles. The lowest BCUT2D eigenvalue weighted by Crippen LogP contribution is -2.21. The van der Waals surface area contributed by atoms with E-state index in [1.54, 1.807) is 4.68 Å². The standard InChI is InChI=1S/C11H13N5S/c1-7-9(12)10(14-11(13)17)16(15-7)8-5-3-2-4-6-8/h2-6H,12H2,1H3,(H3,13,14,17). The second kappa shape index (κ2) is 4.42. The summed E-state index contributed by atoms with van der Waals surface area (Å²) in [4.78, 5) is 0. The number of nitrogens with one attached hydrogen (secondary N) is 1. The highest BCUT2D eigenvalue weighted by molar-refractivity contribution is 7.80. The van der Waals surface area contributed by atoms with Gasteiger partial charge in [-0.3, -0.25) is 0 Å². The van der Waals surface area contributed by atoms with Crippen molar-refractivity contribution < 1.29 is 0 Å². The molecule has 0 bridgehead atoms. The third kappa shape index (κ3) is 2.21. The highest BCUT2D eigenvalue weighted by Crippen LogP contribution is 2.25. The minimum Gasteiger partial charge on any atom is -0.394 e. The lowest BCUT2D eigenvalue weighted by Gasteiger charge is -2.08. The summed E-state index contributed by atoms with van der Waals surface area (Å²) < 4.78 is 1.68. The first-order valence-corrected chi connectivity index (χ1v) is 5.47. The van der Waals surface area contributed by atoms with Crippen LogP contribution in [0.3, 0.4) is 0 Å². The first-order chi connectivity index (χ1) is 8.09. The largest absolute Gasteiger partial charge is 0.394 e. The number of nitrogens with zero attached hydrogens (tertiary/aromatic N) is 2. The maximum absolute atomic E-state index is 5.93. The van der Waals surface area contributed by atoms with Gasteiger partial charge in [-0.2, -0.15) is 5.10 Å². The van der Waals surface area contributed by atoms with E-state index < -0.39 is 0 Å². The summed E-state index contributed by atoms with van der Waals surface area (Å²) in [5.41, 5.74) is 13.6. The van der Waals surface area contributed by atoms with Gasteiger partial charge in [0, 0.05) is 0 Å². The summed E-state index contributed by atoms with van der Waals surface area (Å²) >= 11 is 4.83. The molecule has 1 heterocycles. The first-order valence-electron chi connectivity index (χ1n) is 5.06. The summed E-state index contributed by atoms with van der Waals surface area (Å²) in [5, 5.41) is 7.35. The van der Waals surface area contributed by atoms with Crippen LogP contribution >= 0.6 is 12.2 Å². The molecule has 5 N–H and O–H groups in total. The van der Waals surface area contributed by atoms with Gasteiger partial charge < -0.3 is 16.8 Å². The number of benzene rings is 1. The molecule has 6 heteroatoms. The van der Waals surface area contributed by atoms with Gasteiger partial charge in [0.1, 0.15) is 0 Å². The smallest absolute Gasteiger partial charge is 0.169 e. The van der Waals surface area contributed by atoms with Crippen molar-refractivity contribution in [3.8, 4) is 5.69 Å². The number of hydrogen-bond acceptors (Lipinski definition) is 3. The molecular weight excluding hydrogens is 234 g/mol. The van der Waals surface area contributed by atoms with Gasteiger partial charge in [0.05, 0.1) is 17.1 Å². The van der Waals surface area contributed by atoms with E-state index in [9.17, 15) is 0 Å². The average molecular weight is 247 g/mol. The van der Waals surface area contributed by atoms with Crippen LogP contribution in [0.5, 0.6) is 0 Å². The van der Waals surface area contributed by atoms with E-state index in [0.29, 0.717) is 11.5 Å². The Morgan fingerprint density at radius 3 is 2.59 bits per heavy atom. The average Bonchev–Trinajstić information content (AvgIpc) is 2.58. The van der Waals surface area contributed by atoms with Crippen molar-refractivity contribution in [2.24, 2.45) is 5.73 Å². The Balaban J connectivity index is 2.54. The molecule has 0 aliphatic rings. The fourth-order valence-electron chi connectivity index (χ4n) is 1.53. The molecule has 0 saturated carbocycles. The molecule has 0 spiro atoms. The zero-order chi connectivity index (χ0) is 12.4. The van der Waals surface area contributed by atoms with Gasteiger partial charge in [0.25, 0.3) is 0 Å². The number of aryl methyl sites for hydroxylation is 1. The molecule has 0 aliphatic heterocycles. The molecule has 2 rings (SSSR count). The second-order valence-corrected chi connectivity index (χ2v) is 4.02. The number of nitrogens with two attached hydrogens (primary N) is 2. The van der Waals surface area contributed by atoms with Crippen LogP contribution in [0.15, 0.2) is 30.3 Å². The van der Waals surface area contributed by atoms with Crippen molar-refractivity contribution in [2.45, 2.75) is 6.92 Å². The minimum atomic E-state index is 0.161. The first kappa shape index (κ1) is 11.4. The van der Waals surface area contributed by atoms with E-state index in [-0.39, 0.29) is 5.11 Å². The van der Waals surface area contributed by atoms with Crippen LogP contribution in [0.1, 0.15) is 5.69 Å². The molecule has 0 fully saturated rings. The van der Waals surface area contributed by atoms with Crippen molar-refractivity contribution in [3.63, 3.8) is 0 Å². The van der Waals surface area contributed by atoms with Crippen LogP contribution in [0.4, 0.5) is 11.5 Å². The van der Waals surface area contributed by atoms with Crippen molar-refractivity contribution >= 4 is 28.8 Å². The van der Waals surface area contributed by atoms with Crippen molar-refractivity contribution in [2.75, 3.05) is 11.1 Å². The minimum absolute atomic E-state index is 0.161. The molecule has 0 amide bonds. The number of para-hydroxylation sites is 1. The number of hydrogen-bond donors (Lipinski definition) is 3. The maximum Gasteiger partial charge on any atom is 0.169 e. The van der Waals surface area contributed by atoms with Crippen molar-refractivity contribution in [1.29, 1.82) is 0 Å². The third-order valence-electron chi connectivity index (χ3n) is 2.35. The zero-order valence-electron chi connectivity index (χ0n) is 9.34. The number of rotatable bonds is 2. The predicted molar refractivity (Wildman–Crippen MR) is 73.1 cm³/mol. The van der Waals surface area contributed by atoms with Gasteiger partial charge in [-0.15, -0.1) is 0 Å². The summed E-state index contributed by atoms with van der Waals surface area (Å²) in [5.74, 6) is 0.598. The van der Waals surface area contributed by atoms with Gasteiger partial charge in [-0.25, -0.2) is 4.68 Å². The van der Waals surface area contributed by atoms with Crippen LogP contribution in [-0.2, 0) is 0 Å². The van der Waals surface area contributed by atoms with E-state index in [1.807, 2.05) is 37.3 Å². The summed E-state index contributed by atoms with van der Waals surface area (Å²) in [6.07, 6.45) is 0. The quantitative estimate of drug-likeness (QED) is 0.699. The van der Waals surface area contributed by atoms with E-state index in [1.165, 1.54) is 0 Å². The molecule has 0 saturated heterocycles. The Morgan fingerprint density at radius 2 is 2.00 bits per heavy atom. The van der Waals surface area contributed by atoms with Crippen LogP contribution in [0.2, 0.25) is 0 Å². The molecule has 88 valence electrons. The fourth-order valence-corrected chi connectivity index (χ4v) is 1.63. The Hall–Kier alpha value is -2.08. The summed E-state index contributed by atoms with van der Waals surface area (Å²) in [6.45, 7) is 1.83. The Bertz CT molecular complexity index is 546. The zero-order valence-corrected chi connectivity index (χ0v) is 10.2. The molecule has 0 atom stereocenters. The van der Waals surface area contributed by atoms with Gasteiger partial charge >= 0.3 is 0 Å². The number of aromatic nitrogens is 2. The molecule has 0 radical (unpaired) electrons. The predicted octanol–water partition coefficient (Wildman–Crippen LogP) is 1.42. The number of nitrogen functional groups attached to an aromatic ring is 1. The Kier molecular flexibility index (Phi) is 2.97. The molecule has 5 nitrogen and oxygen atoms in total.